The van der Waals surface area contributed by atoms with E-state index in [-0.39, 0.29) is 5.69 Å². The molecular weight excluding hydrogens is 345 g/mol. The Kier molecular flexibility index (Phi) is 4.92. The van der Waals surface area contributed by atoms with Gasteiger partial charge >= 0.3 is 6.18 Å². The first kappa shape index (κ1) is 17.5. The van der Waals surface area contributed by atoms with E-state index in [0.29, 0.717) is 23.1 Å². The SMILES string of the molecule is COc1ccccc1Nc1cc(Nc2cccc(C(F)(F)F)c2)ncn1. The molecule has 0 aliphatic heterocycles. The number of nitrogens with zero attached hydrogens (tertiary/aromatic N) is 2. The van der Waals surface area contributed by atoms with Crippen LogP contribution in [0.15, 0.2) is 60.9 Å². The standard InChI is InChI=1S/C18H15F3N4O/c1-26-15-8-3-2-7-14(15)25-17-10-16(22-11-23-17)24-13-6-4-5-12(9-13)18(19,20)21/h2-11H,1H3,(H2,22,23,24,25). The fourth-order valence-corrected chi connectivity index (χ4v) is 2.30. The van der Waals surface area contributed by atoms with Gasteiger partial charge in [-0.1, -0.05) is 18.2 Å². The lowest BCUT2D eigenvalue weighted by molar-refractivity contribution is -0.137. The minimum Gasteiger partial charge on any atom is -0.495 e. The van der Waals surface area contributed by atoms with Gasteiger partial charge in [-0.05, 0) is 30.3 Å². The first-order valence-corrected chi connectivity index (χ1v) is 7.62. The van der Waals surface area contributed by atoms with Gasteiger partial charge in [0.1, 0.15) is 23.7 Å². The van der Waals surface area contributed by atoms with Gasteiger partial charge in [0, 0.05) is 11.8 Å². The van der Waals surface area contributed by atoms with Gasteiger partial charge in [-0.2, -0.15) is 13.2 Å². The largest absolute Gasteiger partial charge is 0.495 e. The molecule has 0 aliphatic carbocycles. The molecule has 0 saturated carbocycles. The van der Waals surface area contributed by atoms with Crippen molar-refractivity contribution in [1.82, 2.24) is 9.97 Å². The molecule has 0 amide bonds. The van der Waals surface area contributed by atoms with Crippen LogP contribution in [-0.2, 0) is 6.18 Å². The Hall–Kier alpha value is -3.29. The summed E-state index contributed by atoms with van der Waals surface area (Å²) in [5.41, 5.74) is 0.254. The lowest BCUT2D eigenvalue weighted by Crippen LogP contribution is -2.05. The average Bonchev–Trinajstić information content (AvgIpc) is 2.62. The molecule has 3 aromatic rings. The zero-order chi connectivity index (χ0) is 18.6. The predicted octanol–water partition coefficient (Wildman–Crippen LogP) is 4.99. The predicted molar refractivity (Wildman–Crippen MR) is 93.0 cm³/mol. The number of aromatic nitrogens is 2. The van der Waals surface area contributed by atoms with Crippen LogP contribution in [0.25, 0.3) is 0 Å². The third-order valence-electron chi connectivity index (χ3n) is 3.50. The van der Waals surface area contributed by atoms with Gasteiger partial charge in [-0.3, -0.25) is 0 Å². The zero-order valence-electron chi connectivity index (χ0n) is 13.7. The van der Waals surface area contributed by atoms with E-state index >= 15 is 0 Å². The monoisotopic (exact) mass is 360 g/mol. The van der Waals surface area contributed by atoms with Crippen molar-refractivity contribution in [3.8, 4) is 5.75 Å². The Morgan fingerprint density at radius 1 is 0.885 bits per heavy atom. The number of anilines is 4. The van der Waals surface area contributed by atoms with E-state index in [9.17, 15) is 13.2 Å². The highest BCUT2D eigenvalue weighted by molar-refractivity contribution is 5.67. The van der Waals surface area contributed by atoms with Crippen molar-refractivity contribution >= 4 is 23.0 Å². The number of nitrogens with one attached hydrogen (secondary N) is 2. The van der Waals surface area contributed by atoms with E-state index in [1.165, 1.54) is 18.5 Å². The van der Waals surface area contributed by atoms with Gasteiger partial charge in [-0.15, -0.1) is 0 Å². The summed E-state index contributed by atoms with van der Waals surface area (Å²) in [5, 5.41) is 5.94. The number of hydrogen-bond donors (Lipinski definition) is 2. The average molecular weight is 360 g/mol. The molecule has 1 heterocycles. The van der Waals surface area contributed by atoms with E-state index < -0.39 is 11.7 Å². The summed E-state index contributed by atoms with van der Waals surface area (Å²) in [4.78, 5) is 8.15. The quantitative estimate of drug-likeness (QED) is 0.671. The second-order valence-electron chi connectivity index (χ2n) is 5.32. The van der Waals surface area contributed by atoms with Gasteiger partial charge < -0.3 is 15.4 Å². The van der Waals surface area contributed by atoms with Crippen molar-refractivity contribution < 1.29 is 17.9 Å². The number of alkyl halides is 3. The molecule has 0 atom stereocenters. The molecule has 1 aromatic heterocycles. The normalized spacial score (nSPS) is 11.1. The minimum atomic E-state index is -4.40. The molecule has 3 rings (SSSR count). The number of ether oxygens (including phenoxy) is 1. The van der Waals surface area contributed by atoms with E-state index in [0.717, 1.165) is 12.1 Å². The van der Waals surface area contributed by atoms with E-state index in [1.54, 1.807) is 19.2 Å². The fourth-order valence-electron chi connectivity index (χ4n) is 2.30. The molecule has 5 nitrogen and oxygen atoms in total. The van der Waals surface area contributed by atoms with Crippen molar-refractivity contribution in [2.45, 2.75) is 6.18 Å². The number of halogens is 3. The Bertz CT molecular complexity index is 899. The summed E-state index contributed by atoms with van der Waals surface area (Å²) in [5.74, 6) is 1.47. The third kappa shape index (κ3) is 4.21. The molecule has 2 N–H and O–H groups in total. The minimum absolute atomic E-state index is 0.279. The van der Waals surface area contributed by atoms with Crippen LogP contribution >= 0.6 is 0 Å². The number of rotatable bonds is 5. The zero-order valence-corrected chi connectivity index (χ0v) is 13.7. The number of hydrogen-bond acceptors (Lipinski definition) is 5. The molecule has 0 bridgehead atoms. The Labute approximate surface area is 147 Å². The van der Waals surface area contributed by atoms with Crippen LogP contribution in [0.5, 0.6) is 5.75 Å². The van der Waals surface area contributed by atoms with E-state index in [4.69, 9.17) is 4.74 Å². The molecule has 2 aromatic carbocycles. The molecule has 0 fully saturated rings. The van der Waals surface area contributed by atoms with Crippen molar-refractivity contribution in [3.63, 3.8) is 0 Å². The van der Waals surface area contributed by atoms with Crippen molar-refractivity contribution in [2.75, 3.05) is 17.7 Å². The van der Waals surface area contributed by atoms with Crippen LogP contribution in [0, 0.1) is 0 Å². The molecule has 0 radical (unpaired) electrons. The Balaban J connectivity index is 1.80. The van der Waals surface area contributed by atoms with E-state index in [2.05, 4.69) is 20.6 Å². The molecule has 26 heavy (non-hydrogen) atoms. The second kappa shape index (κ2) is 7.30. The maximum absolute atomic E-state index is 12.8. The summed E-state index contributed by atoms with van der Waals surface area (Å²) < 4.78 is 43.7. The highest BCUT2D eigenvalue weighted by atomic mass is 19.4. The molecule has 0 unspecified atom stereocenters. The van der Waals surface area contributed by atoms with Crippen molar-refractivity contribution in [2.24, 2.45) is 0 Å². The summed E-state index contributed by atoms with van der Waals surface area (Å²) in [6.45, 7) is 0. The molecule has 8 heteroatoms. The van der Waals surface area contributed by atoms with Gasteiger partial charge in [-0.25, -0.2) is 9.97 Å². The molecule has 0 aliphatic rings. The second-order valence-corrected chi connectivity index (χ2v) is 5.32. The number of benzene rings is 2. The maximum atomic E-state index is 12.8. The van der Waals surface area contributed by atoms with Crippen molar-refractivity contribution in [1.29, 1.82) is 0 Å². The fraction of sp³-hybridized carbons (Fsp3) is 0.111. The highest BCUT2D eigenvalue weighted by Crippen LogP contribution is 2.31. The first-order valence-electron chi connectivity index (χ1n) is 7.62. The number of para-hydroxylation sites is 2. The van der Waals surface area contributed by atoms with Gasteiger partial charge in [0.15, 0.2) is 0 Å². The summed E-state index contributed by atoms with van der Waals surface area (Å²) in [6.07, 6.45) is -3.09. The lowest BCUT2D eigenvalue weighted by atomic mass is 10.2. The third-order valence-corrected chi connectivity index (χ3v) is 3.50. The van der Waals surface area contributed by atoms with Gasteiger partial charge in [0.05, 0.1) is 18.4 Å². The first-order chi connectivity index (χ1) is 12.5. The summed E-state index contributed by atoms with van der Waals surface area (Å²) in [7, 11) is 1.56. The van der Waals surface area contributed by atoms with Crippen LogP contribution in [0.1, 0.15) is 5.56 Å². The number of methoxy groups -OCH3 is 1. The smallest absolute Gasteiger partial charge is 0.416 e. The topological polar surface area (TPSA) is 59.1 Å². The van der Waals surface area contributed by atoms with Gasteiger partial charge in [0.2, 0.25) is 0 Å². The Morgan fingerprint density at radius 3 is 2.35 bits per heavy atom. The van der Waals surface area contributed by atoms with Gasteiger partial charge in [0.25, 0.3) is 0 Å². The van der Waals surface area contributed by atoms with Crippen LogP contribution < -0.4 is 15.4 Å². The summed E-state index contributed by atoms with van der Waals surface area (Å²) >= 11 is 0. The van der Waals surface area contributed by atoms with Crippen LogP contribution in [0.2, 0.25) is 0 Å². The van der Waals surface area contributed by atoms with Crippen LogP contribution in [0.4, 0.5) is 36.2 Å². The highest BCUT2D eigenvalue weighted by Gasteiger charge is 2.30. The lowest BCUT2D eigenvalue weighted by Gasteiger charge is -2.12. The molecule has 0 spiro atoms. The van der Waals surface area contributed by atoms with Crippen LogP contribution in [0.3, 0.4) is 0 Å². The Morgan fingerprint density at radius 2 is 1.62 bits per heavy atom. The molecule has 134 valence electrons. The van der Waals surface area contributed by atoms with Crippen molar-refractivity contribution in [3.05, 3.63) is 66.5 Å². The summed E-state index contributed by atoms with van der Waals surface area (Å²) in [6, 6.07) is 13.8. The maximum Gasteiger partial charge on any atom is 0.416 e. The van der Waals surface area contributed by atoms with Crippen LogP contribution in [-0.4, -0.2) is 17.1 Å². The molecular formula is C18H15F3N4O. The van der Waals surface area contributed by atoms with E-state index in [1.807, 2.05) is 18.2 Å². The molecule has 0 saturated heterocycles.